The average Bonchev–Trinajstić information content (AvgIpc) is 2.51. The maximum absolute atomic E-state index is 5.88. The molecule has 0 atom stereocenters. The van der Waals surface area contributed by atoms with E-state index in [1.165, 1.54) is 16.3 Å². The maximum Gasteiger partial charge on any atom is 0.134 e. The molecule has 0 spiro atoms. The summed E-state index contributed by atoms with van der Waals surface area (Å²) in [6.07, 6.45) is 4.49. The predicted molar refractivity (Wildman–Crippen MR) is 85.1 cm³/mol. The number of ether oxygens (including phenoxy) is 1. The van der Waals surface area contributed by atoms with Gasteiger partial charge in [-0.25, -0.2) is 0 Å². The molecule has 0 saturated carbocycles. The fourth-order valence-corrected chi connectivity index (χ4v) is 2.76. The van der Waals surface area contributed by atoms with Gasteiger partial charge in [-0.2, -0.15) is 0 Å². The Kier molecular flexibility index (Phi) is 3.97. The second-order valence-corrected chi connectivity index (χ2v) is 5.35. The van der Waals surface area contributed by atoms with Gasteiger partial charge in [-0.05, 0) is 50.5 Å². The molecule has 3 heteroatoms. The number of halogens is 1. The van der Waals surface area contributed by atoms with Gasteiger partial charge in [0, 0.05) is 18.8 Å². The molecule has 0 aliphatic rings. The minimum atomic E-state index is 0.654. The number of rotatable bonds is 4. The fraction of sp³-hybridized carbons (Fsp3) is 0.118. The quantitative estimate of drug-likeness (QED) is 0.697. The first-order chi connectivity index (χ1) is 9.84. The van der Waals surface area contributed by atoms with Gasteiger partial charge in [0.25, 0.3) is 0 Å². The topological polar surface area (TPSA) is 22.1 Å². The van der Waals surface area contributed by atoms with Crippen LogP contribution >= 0.6 is 15.9 Å². The second kappa shape index (κ2) is 6.06. The van der Waals surface area contributed by atoms with Gasteiger partial charge in [-0.3, -0.25) is 4.98 Å². The number of fused-ring (bicyclic) bond motifs is 1. The highest BCUT2D eigenvalue weighted by atomic mass is 79.9. The number of hydrogen-bond donors (Lipinski definition) is 0. The summed E-state index contributed by atoms with van der Waals surface area (Å²) in [7, 11) is 0. The summed E-state index contributed by atoms with van der Waals surface area (Å²) in [4.78, 5) is 4.01. The molecule has 3 rings (SSSR count). The third kappa shape index (κ3) is 2.83. The Morgan fingerprint density at radius 3 is 2.60 bits per heavy atom. The molecule has 3 aromatic rings. The molecule has 0 fully saturated rings. The zero-order chi connectivity index (χ0) is 13.8. The van der Waals surface area contributed by atoms with Crippen LogP contribution in [0.3, 0.4) is 0 Å². The standard InChI is InChI=1S/C17H14BrNO/c18-17-15-4-2-1-3-14(15)5-6-16(17)20-12-9-13-7-10-19-11-8-13/h1-8,10-11H,9,12H2. The molecule has 0 saturated heterocycles. The van der Waals surface area contributed by atoms with Crippen molar-refractivity contribution in [2.45, 2.75) is 6.42 Å². The molecule has 0 bridgehead atoms. The van der Waals surface area contributed by atoms with Crippen LogP contribution in [0.15, 0.2) is 65.4 Å². The molecule has 0 unspecified atom stereocenters. The predicted octanol–water partition coefficient (Wildman–Crippen LogP) is 4.62. The van der Waals surface area contributed by atoms with Crippen molar-refractivity contribution in [2.75, 3.05) is 6.61 Å². The molecule has 0 aliphatic carbocycles. The molecular formula is C17H14BrNO. The lowest BCUT2D eigenvalue weighted by Crippen LogP contribution is -2.02. The monoisotopic (exact) mass is 327 g/mol. The minimum absolute atomic E-state index is 0.654. The SMILES string of the molecule is Brc1c(OCCc2ccncc2)ccc2ccccc12. The summed E-state index contributed by atoms with van der Waals surface area (Å²) in [5.41, 5.74) is 1.23. The fourth-order valence-electron chi connectivity index (χ4n) is 2.15. The van der Waals surface area contributed by atoms with Gasteiger partial charge < -0.3 is 4.74 Å². The molecule has 2 aromatic carbocycles. The number of hydrogen-bond acceptors (Lipinski definition) is 2. The molecule has 1 aromatic heterocycles. The van der Waals surface area contributed by atoms with Crippen molar-refractivity contribution >= 4 is 26.7 Å². The first kappa shape index (κ1) is 13.1. The highest BCUT2D eigenvalue weighted by molar-refractivity contribution is 9.10. The van der Waals surface area contributed by atoms with Gasteiger partial charge in [-0.15, -0.1) is 0 Å². The van der Waals surface area contributed by atoms with E-state index < -0.39 is 0 Å². The molecule has 0 radical (unpaired) electrons. The Morgan fingerprint density at radius 2 is 1.75 bits per heavy atom. The van der Waals surface area contributed by atoms with Crippen LogP contribution in [0.1, 0.15) is 5.56 Å². The highest BCUT2D eigenvalue weighted by Gasteiger charge is 2.05. The van der Waals surface area contributed by atoms with Crippen LogP contribution in [0.25, 0.3) is 10.8 Å². The minimum Gasteiger partial charge on any atom is -0.492 e. The lowest BCUT2D eigenvalue weighted by atomic mass is 10.1. The summed E-state index contributed by atoms with van der Waals surface area (Å²) in [6.45, 7) is 0.654. The van der Waals surface area contributed by atoms with Crippen LogP contribution in [0, 0.1) is 0 Å². The third-order valence-electron chi connectivity index (χ3n) is 3.23. The second-order valence-electron chi connectivity index (χ2n) is 4.55. The summed E-state index contributed by atoms with van der Waals surface area (Å²) < 4.78 is 6.90. The summed E-state index contributed by atoms with van der Waals surface area (Å²) in [5.74, 6) is 0.887. The van der Waals surface area contributed by atoms with Crippen LogP contribution in [-0.4, -0.2) is 11.6 Å². The lowest BCUT2D eigenvalue weighted by Gasteiger charge is -2.10. The maximum atomic E-state index is 5.88. The summed E-state index contributed by atoms with van der Waals surface area (Å²) in [5, 5.41) is 2.38. The van der Waals surface area contributed by atoms with E-state index in [4.69, 9.17) is 4.74 Å². The van der Waals surface area contributed by atoms with E-state index in [1.807, 2.05) is 30.3 Å². The van der Waals surface area contributed by atoms with Crippen molar-refractivity contribution in [3.8, 4) is 5.75 Å². The number of nitrogens with zero attached hydrogens (tertiary/aromatic N) is 1. The molecule has 2 nitrogen and oxygen atoms in total. The van der Waals surface area contributed by atoms with Gasteiger partial charge in [0.1, 0.15) is 5.75 Å². The van der Waals surface area contributed by atoms with Gasteiger partial charge in [0.15, 0.2) is 0 Å². The average molecular weight is 328 g/mol. The van der Waals surface area contributed by atoms with Crippen LogP contribution in [0.4, 0.5) is 0 Å². The van der Waals surface area contributed by atoms with E-state index in [2.05, 4.69) is 39.1 Å². The summed E-state index contributed by atoms with van der Waals surface area (Å²) >= 11 is 3.63. The highest BCUT2D eigenvalue weighted by Crippen LogP contribution is 2.33. The van der Waals surface area contributed by atoms with Gasteiger partial charge in [-0.1, -0.05) is 30.3 Å². The molecular weight excluding hydrogens is 314 g/mol. The molecule has 1 heterocycles. The Hall–Kier alpha value is -1.87. The van der Waals surface area contributed by atoms with Gasteiger partial charge >= 0.3 is 0 Å². The van der Waals surface area contributed by atoms with Crippen molar-refractivity contribution in [1.29, 1.82) is 0 Å². The van der Waals surface area contributed by atoms with Crippen molar-refractivity contribution in [1.82, 2.24) is 4.98 Å². The normalized spacial score (nSPS) is 10.7. The Bertz CT molecular complexity index is 713. The molecule has 0 N–H and O–H groups in total. The van der Waals surface area contributed by atoms with Gasteiger partial charge in [0.05, 0.1) is 11.1 Å². The van der Waals surface area contributed by atoms with Crippen molar-refractivity contribution in [2.24, 2.45) is 0 Å². The number of aromatic nitrogens is 1. The van der Waals surface area contributed by atoms with Crippen LogP contribution < -0.4 is 4.74 Å². The Morgan fingerprint density at radius 1 is 0.950 bits per heavy atom. The zero-order valence-electron chi connectivity index (χ0n) is 10.9. The molecule has 0 amide bonds. The van der Waals surface area contributed by atoms with E-state index >= 15 is 0 Å². The molecule has 20 heavy (non-hydrogen) atoms. The Labute approximate surface area is 126 Å². The van der Waals surface area contributed by atoms with E-state index in [0.29, 0.717) is 6.61 Å². The zero-order valence-corrected chi connectivity index (χ0v) is 12.5. The van der Waals surface area contributed by atoms with E-state index in [0.717, 1.165) is 16.6 Å². The Balaban J connectivity index is 1.73. The van der Waals surface area contributed by atoms with Crippen molar-refractivity contribution < 1.29 is 4.74 Å². The number of pyridine rings is 1. The van der Waals surface area contributed by atoms with Crippen LogP contribution in [0.2, 0.25) is 0 Å². The van der Waals surface area contributed by atoms with E-state index in [-0.39, 0.29) is 0 Å². The molecule has 100 valence electrons. The van der Waals surface area contributed by atoms with Crippen LogP contribution in [-0.2, 0) is 6.42 Å². The largest absolute Gasteiger partial charge is 0.492 e. The van der Waals surface area contributed by atoms with Gasteiger partial charge in [0.2, 0.25) is 0 Å². The van der Waals surface area contributed by atoms with Crippen molar-refractivity contribution in [3.05, 3.63) is 71.0 Å². The van der Waals surface area contributed by atoms with Crippen molar-refractivity contribution in [3.63, 3.8) is 0 Å². The van der Waals surface area contributed by atoms with E-state index in [1.54, 1.807) is 12.4 Å². The summed E-state index contributed by atoms with van der Waals surface area (Å²) in [6, 6.07) is 16.4. The first-order valence-corrected chi connectivity index (χ1v) is 7.33. The first-order valence-electron chi connectivity index (χ1n) is 6.53. The molecule has 0 aliphatic heterocycles. The smallest absolute Gasteiger partial charge is 0.134 e. The third-order valence-corrected chi connectivity index (χ3v) is 4.04. The number of benzene rings is 2. The lowest BCUT2D eigenvalue weighted by molar-refractivity contribution is 0.320. The van der Waals surface area contributed by atoms with Crippen LogP contribution in [0.5, 0.6) is 5.75 Å². The van der Waals surface area contributed by atoms with E-state index in [9.17, 15) is 0 Å².